The van der Waals surface area contributed by atoms with Crippen molar-refractivity contribution >= 4 is 34.7 Å². The summed E-state index contributed by atoms with van der Waals surface area (Å²) in [5.41, 5.74) is 4.26. The first-order chi connectivity index (χ1) is 12.5. The normalized spacial score (nSPS) is 13.5. The Labute approximate surface area is 162 Å². The van der Waals surface area contributed by atoms with Crippen LogP contribution in [-0.2, 0) is 19.2 Å². The second-order valence-electron chi connectivity index (χ2n) is 6.62. The zero-order valence-electron chi connectivity index (χ0n) is 15.6. The zero-order chi connectivity index (χ0) is 21.0. The summed E-state index contributed by atoms with van der Waals surface area (Å²) in [4.78, 5) is 46.4. The van der Waals surface area contributed by atoms with Gasteiger partial charge in [-0.25, -0.2) is 4.79 Å². The van der Waals surface area contributed by atoms with Crippen molar-refractivity contribution in [1.82, 2.24) is 10.6 Å². The van der Waals surface area contributed by atoms with Gasteiger partial charge in [0.25, 0.3) is 0 Å². The lowest BCUT2D eigenvalue weighted by Crippen LogP contribution is -2.47. The molecule has 0 bridgehead atoms. The van der Waals surface area contributed by atoms with Gasteiger partial charge < -0.3 is 31.7 Å². The van der Waals surface area contributed by atoms with Crippen LogP contribution in [0.15, 0.2) is 0 Å². The summed E-state index contributed by atoms with van der Waals surface area (Å²) < 4.78 is 0. The summed E-state index contributed by atoms with van der Waals surface area (Å²) in [6, 6.07) is -1.24. The Kier molecular flexibility index (Phi) is 11.9. The molecule has 0 heterocycles. The van der Waals surface area contributed by atoms with Gasteiger partial charge in [0, 0.05) is 30.6 Å². The fourth-order valence-electron chi connectivity index (χ4n) is 1.77. The van der Waals surface area contributed by atoms with E-state index in [2.05, 4.69) is 10.6 Å². The van der Waals surface area contributed by atoms with Gasteiger partial charge in [0.2, 0.25) is 11.8 Å². The highest BCUT2D eigenvalue weighted by Crippen LogP contribution is 2.19. The number of carboxylic acid groups (broad SMARTS) is 1. The van der Waals surface area contributed by atoms with Gasteiger partial charge in [-0.3, -0.25) is 14.4 Å². The summed E-state index contributed by atoms with van der Waals surface area (Å²) in [6.07, 6.45) is -0.907. The monoisotopic (exact) mass is 407 g/mol. The molecule has 0 saturated heterocycles. The number of hydrogen-bond donors (Lipinski definition) is 6. The molecule has 2 amide bonds. The van der Waals surface area contributed by atoms with E-state index in [0.29, 0.717) is 13.0 Å². The molecule has 0 rings (SSSR count). The van der Waals surface area contributed by atoms with Crippen molar-refractivity contribution < 1.29 is 34.5 Å². The topological polar surface area (TPSA) is 179 Å². The third-order valence-electron chi connectivity index (χ3n) is 3.68. The molecule has 27 heavy (non-hydrogen) atoms. The molecule has 0 aliphatic heterocycles. The van der Waals surface area contributed by atoms with Crippen molar-refractivity contribution in [2.45, 2.75) is 45.3 Å². The molecule has 2 atom stereocenters. The number of nitrogens with two attached hydrogens (primary N) is 1. The number of nitrogens with one attached hydrogen (secondary N) is 2. The minimum atomic E-state index is -1.45. The van der Waals surface area contributed by atoms with Crippen molar-refractivity contribution in [2.24, 2.45) is 11.1 Å². The number of carboxylic acids is 1. The Morgan fingerprint density at radius 1 is 1.19 bits per heavy atom. The predicted octanol–water partition coefficient (Wildman–Crippen LogP) is -1.56. The predicted molar refractivity (Wildman–Crippen MR) is 99.8 cm³/mol. The molecule has 10 nitrogen and oxygen atoms in total. The number of rotatable bonds is 13. The molecule has 0 aliphatic carbocycles. The van der Waals surface area contributed by atoms with E-state index in [0.717, 1.165) is 11.8 Å². The zero-order valence-corrected chi connectivity index (χ0v) is 16.4. The molecule has 0 radical (unpaired) electrons. The van der Waals surface area contributed by atoms with Crippen LogP contribution in [0, 0.1) is 5.41 Å². The van der Waals surface area contributed by atoms with Gasteiger partial charge in [-0.2, -0.15) is 0 Å². The third-order valence-corrected chi connectivity index (χ3v) is 4.70. The minimum absolute atomic E-state index is 0.111. The fourth-order valence-corrected chi connectivity index (χ4v) is 2.64. The highest BCUT2D eigenvalue weighted by Gasteiger charge is 2.32. The quantitative estimate of drug-likeness (QED) is 0.210. The standard InChI is InChI=1S/C16H29N3O7S/c1-16(2,9-20)13(23)14(24)18-7-5-11(21)19-10(15(25)26)8-27-12(22)4-3-6-17/h10,13,20,23H,3-9,17H2,1-2H3,(H,18,24)(H,19,21)(H,25,26)/t10-,13-/m0/s1. The van der Waals surface area contributed by atoms with Gasteiger partial charge in [-0.15, -0.1) is 0 Å². The average Bonchev–Trinajstić information content (AvgIpc) is 2.62. The van der Waals surface area contributed by atoms with Gasteiger partial charge in [0.1, 0.15) is 12.1 Å². The first-order valence-corrected chi connectivity index (χ1v) is 9.48. The van der Waals surface area contributed by atoms with E-state index < -0.39 is 42.0 Å². The molecule has 0 aromatic rings. The lowest BCUT2D eigenvalue weighted by molar-refractivity contribution is -0.141. The van der Waals surface area contributed by atoms with Crippen molar-refractivity contribution in [3.05, 3.63) is 0 Å². The largest absolute Gasteiger partial charge is 0.480 e. The second-order valence-corrected chi connectivity index (χ2v) is 7.70. The van der Waals surface area contributed by atoms with Crippen LogP contribution in [0.1, 0.15) is 33.1 Å². The summed E-state index contributed by atoms with van der Waals surface area (Å²) >= 11 is 0.816. The molecule has 0 aromatic carbocycles. The molecule has 0 saturated carbocycles. The van der Waals surface area contributed by atoms with Crippen LogP contribution in [0.3, 0.4) is 0 Å². The third kappa shape index (κ3) is 10.3. The van der Waals surface area contributed by atoms with Crippen molar-refractivity contribution in [3.8, 4) is 0 Å². The lowest BCUT2D eigenvalue weighted by Gasteiger charge is -2.27. The second kappa shape index (κ2) is 12.7. The summed E-state index contributed by atoms with van der Waals surface area (Å²) in [7, 11) is 0. The van der Waals surface area contributed by atoms with E-state index in [1.165, 1.54) is 13.8 Å². The number of aliphatic hydroxyl groups is 2. The molecular formula is C16H29N3O7S. The number of carbonyl (C=O) groups is 4. The van der Waals surface area contributed by atoms with E-state index in [-0.39, 0.29) is 30.3 Å². The minimum Gasteiger partial charge on any atom is -0.480 e. The maximum atomic E-state index is 11.8. The fraction of sp³-hybridized carbons (Fsp3) is 0.750. The molecule has 0 fully saturated rings. The smallest absolute Gasteiger partial charge is 0.327 e. The Morgan fingerprint density at radius 3 is 2.33 bits per heavy atom. The van der Waals surface area contributed by atoms with Crippen LogP contribution in [0.5, 0.6) is 0 Å². The van der Waals surface area contributed by atoms with Gasteiger partial charge in [0.15, 0.2) is 5.12 Å². The van der Waals surface area contributed by atoms with Gasteiger partial charge in [0.05, 0.1) is 6.61 Å². The highest BCUT2D eigenvalue weighted by atomic mass is 32.2. The van der Waals surface area contributed by atoms with Crippen LogP contribution >= 0.6 is 11.8 Å². The van der Waals surface area contributed by atoms with Gasteiger partial charge >= 0.3 is 5.97 Å². The van der Waals surface area contributed by atoms with Crippen molar-refractivity contribution in [2.75, 3.05) is 25.4 Å². The lowest BCUT2D eigenvalue weighted by atomic mass is 9.87. The Hall–Kier alpha value is -1.69. The highest BCUT2D eigenvalue weighted by molar-refractivity contribution is 8.13. The van der Waals surface area contributed by atoms with E-state index in [1.807, 2.05) is 0 Å². The van der Waals surface area contributed by atoms with Crippen molar-refractivity contribution in [3.63, 3.8) is 0 Å². The molecule has 0 unspecified atom stereocenters. The molecule has 7 N–H and O–H groups in total. The maximum absolute atomic E-state index is 11.8. The molecule has 0 spiro atoms. The Balaban J connectivity index is 4.34. The number of thioether (sulfide) groups is 1. The first-order valence-electron chi connectivity index (χ1n) is 8.49. The maximum Gasteiger partial charge on any atom is 0.327 e. The first kappa shape index (κ1) is 25.3. The molecule has 0 aromatic heterocycles. The van der Waals surface area contributed by atoms with E-state index in [1.54, 1.807) is 0 Å². The molecule has 11 heteroatoms. The summed E-state index contributed by atoms with van der Waals surface area (Å²) in [6.45, 7) is 2.87. The number of amides is 2. The van der Waals surface area contributed by atoms with Crippen LogP contribution in [0.2, 0.25) is 0 Å². The average molecular weight is 407 g/mol. The van der Waals surface area contributed by atoms with Gasteiger partial charge in [-0.05, 0) is 13.0 Å². The number of aliphatic hydroxyl groups excluding tert-OH is 2. The summed E-state index contributed by atoms with van der Waals surface area (Å²) in [5, 5.41) is 32.5. The van der Waals surface area contributed by atoms with Gasteiger partial charge in [-0.1, -0.05) is 25.6 Å². The SMILES string of the molecule is CC(C)(CO)[C@@H](O)C(=O)NCCC(=O)N[C@@H](CSC(=O)CCCN)C(=O)O. The number of carbonyl (C=O) groups excluding carboxylic acids is 3. The van der Waals surface area contributed by atoms with Crippen LogP contribution in [-0.4, -0.2) is 75.8 Å². The number of aliphatic carboxylic acids is 1. The Bertz CT molecular complexity index is 528. The van der Waals surface area contributed by atoms with Crippen LogP contribution in [0.4, 0.5) is 0 Å². The molecule has 156 valence electrons. The molecular weight excluding hydrogens is 378 g/mol. The number of hydrogen-bond acceptors (Lipinski definition) is 8. The van der Waals surface area contributed by atoms with E-state index >= 15 is 0 Å². The molecule has 0 aliphatic rings. The van der Waals surface area contributed by atoms with Crippen LogP contribution in [0.25, 0.3) is 0 Å². The van der Waals surface area contributed by atoms with E-state index in [9.17, 15) is 24.3 Å². The summed E-state index contributed by atoms with van der Waals surface area (Å²) in [5.74, 6) is -2.74. The van der Waals surface area contributed by atoms with Crippen molar-refractivity contribution in [1.29, 1.82) is 0 Å². The van der Waals surface area contributed by atoms with E-state index in [4.69, 9.17) is 15.9 Å². The Morgan fingerprint density at radius 2 is 1.81 bits per heavy atom. The van der Waals surface area contributed by atoms with Crippen LogP contribution < -0.4 is 16.4 Å².